The number of aromatic nitrogens is 1. The standard InChI is InChI=1S/C17H15BrN2O/c18-14-7-5-12(6-8-14)11-21-17-16-4-2-1-3-15(16)13(9-19)10-20-17/h1-8,10H,9,11,19H2. The van der Waals surface area contributed by atoms with Gasteiger partial charge in [-0.15, -0.1) is 0 Å². The third-order valence-corrected chi connectivity index (χ3v) is 3.88. The average Bonchev–Trinajstić information content (AvgIpc) is 2.54. The lowest BCUT2D eigenvalue weighted by molar-refractivity contribution is 0.298. The van der Waals surface area contributed by atoms with E-state index in [1.54, 1.807) is 6.20 Å². The van der Waals surface area contributed by atoms with Crippen molar-refractivity contribution in [1.82, 2.24) is 4.98 Å². The van der Waals surface area contributed by atoms with Crippen LogP contribution in [0, 0.1) is 0 Å². The Morgan fingerprint density at radius 2 is 1.71 bits per heavy atom. The molecule has 0 unspecified atom stereocenters. The summed E-state index contributed by atoms with van der Waals surface area (Å²) in [5.74, 6) is 0.644. The summed E-state index contributed by atoms with van der Waals surface area (Å²) in [4.78, 5) is 4.40. The van der Waals surface area contributed by atoms with Crippen molar-refractivity contribution in [1.29, 1.82) is 0 Å². The third-order valence-electron chi connectivity index (χ3n) is 3.35. The smallest absolute Gasteiger partial charge is 0.221 e. The van der Waals surface area contributed by atoms with Gasteiger partial charge in [0.15, 0.2) is 0 Å². The minimum atomic E-state index is 0.473. The summed E-state index contributed by atoms with van der Waals surface area (Å²) in [7, 11) is 0. The highest BCUT2D eigenvalue weighted by molar-refractivity contribution is 9.10. The first kappa shape index (κ1) is 14.0. The van der Waals surface area contributed by atoms with Gasteiger partial charge in [0.1, 0.15) is 6.61 Å². The fourth-order valence-electron chi connectivity index (χ4n) is 2.24. The molecule has 106 valence electrons. The molecule has 0 saturated heterocycles. The predicted molar refractivity (Wildman–Crippen MR) is 88.1 cm³/mol. The van der Waals surface area contributed by atoms with E-state index in [0.29, 0.717) is 19.0 Å². The van der Waals surface area contributed by atoms with Crippen molar-refractivity contribution in [2.45, 2.75) is 13.2 Å². The Morgan fingerprint density at radius 3 is 2.43 bits per heavy atom. The average molecular weight is 343 g/mol. The zero-order valence-electron chi connectivity index (χ0n) is 11.4. The lowest BCUT2D eigenvalue weighted by Gasteiger charge is -2.10. The first-order valence-electron chi connectivity index (χ1n) is 6.72. The summed E-state index contributed by atoms with van der Waals surface area (Å²) < 4.78 is 6.93. The predicted octanol–water partition coefficient (Wildman–Crippen LogP) is 4.04. The van der Waals surface area contributed by atoms with Gasteiger partial charge in [-0.05, 0) is 34.7 Å². The largest absolute Gasteiger partial charge is 0.472 e. The van der Waals surface area contributed by atoms with Crippen LogP contribution in [0.15, 0.2) is 59.2 Å². The highest BCUT2D eigenvalue weighted by Crippen LogP contribution is 2.26. The Bertz CT molecular complexity index is 756. The molecule has 0 aliphatic carbocycles. The van der Waals surface area contributed by atoms with E-state index in [1.807, 2.05) is 48.5 Å². The second-order valence-corrected chi connectivity index (χ2v) is 5.67. The molecule has 0 radical (unpaired) electrons. The van der Waals surface area contributed by atoms with Crippen molar-refractivity contribution in [2.75, 3.05) is 0 Å². The van der Waals surface area contributed by atoms with E-state index in [2.05, 4.69) is 20.9 Å². The molecule has 3 rings (SSSR count). The van der Waals surface area contributed by atoms with Gasteiger partial charge in [-0.2, -0.15) is 0 Å². The number of fused-ring (bicyclic) bond motifs is 1. The van der Waals surface area contributed by atoms with Gasteiger partial charge in [0.05, 0.1) is 0 Å². The fraction of sp³-hybridized carbons (Fsp3) is 0.118. The van der Waals surface area contributed by atoms with Crippen molar-refractivity contribution >= 4 is 26.7 Å². The number of ether oxygens (including phenoxy) is 1. The van der Waals surface area contributed by atoms with Crippen LogP contribution < -0.4 is 10.5 Å². The summed E-state index contributed by atoms with van der Waals surface area (Å²) in [6.07, 6.45) is 1.79. The van der Waals surface area contributed by atoms with Gasteiger partial charge in [-0.1, -0.05) is 46.3 Å². The van der Waals surface area contributed by atoms with Crippen LogP contribution in [-0.4, -0.2) is 4.98 Å². The van der Waals surface area contributed by atoms with Crippen molar-refractivity contribution in [3.8, 4) is 5.88 Å². The molecule has 0 amide bonds. The number of nitrogens with zero attached hydrogens (tertiary/aromatic N) is 1. The topological polar surface area (TPSA) is 48.1 Å². The number of nitrogens with two attached hydrogens (primary N) is 1. The van der Waals surface area contributed by atoms with Crippen LogP contribution in [0.1, 0.15) is 11.1 Å². The molecule has 21 heavy (non-hydrogen) atoms. The maximum atomic E-state index is 5.88. The molecule has 0 atom stereocenters. The van der Waals surface area contributed by atoms with Crippen LogP contribution in [-0.2, 0) is 13.2 Å². The van der Waals surface area contributed by atoms with E-state index < -0.39 is 0 Å². The zero-order chi connectivity index (χ0) is 14.7. The monoisotopic (exact) mass is 342 g/mol. The van der Waals surface area contributed by atoms with Crippen molar-refractivity contribution in [3.63, 3.8) is 0 Å². The molecule has 4 heteroatoms. The first-order chi connectivity index (χ1) is 10.3. The molecule has 1 heterocycles. The molecule has 3 nitrogen and oxygen atoms in total. The second kappa shape index (κ2) is 6.24. The molecule has 1 aromatic heterocycles. The summed E-state index contributed by atoms with van der Waals surface area (Å²) in [6.45, 7) is 0.965. The highest BCUT2D eigenvalue weighted by Gasteiger charge is 2.07. The number of hydrogen-bond acceptors (Lipinski definition) is 3. The van der Waals surface area contributed by atoms with Gasteiger partial charge in [0.25, 0.3) is 0 Å². The van der Waals surface area contributed by atoms with Gasteiger partial charge >= 0.3 is 0 Å². The third kappa shape index (κ3) is 3.06. The number of rotatable bonds is 4. The molecule has 3 aromatic rings. The lowest BCUT2D eigenvalue weighted by Crippen LogP contribution is -2.02. The van der Waals surface area contributed by atoms with E-state index >= 15 is 0 Å². The first-order valence-corrected chi connectivity index (χ1v) is 7.51. The molecule has 2 N–H and O–H groups in total. The fourth-order valence-corrected chi connectivity index (χ4v) is 2.50. The van der Waals surface area contributed by atoms with Crippen molar-refractivity contribution in [2.24, 2.45) is 5.73 Å². The van der Waals surface area contributed by atoms with Crippen LogP contribution in [0.2, 0.25) is 0 Å². The Hall–Kier alpha value is -1.91. The summed E-state index contributed by atoms with van der Waals surface area (Å²) in [5.41, 5.74) is 7.89. The summed E-state index contributed by atoms with van der Waals surface area (Å²) in [5, 5.41) is 2.10. The zero-order valence-corrected chi connectivity index (χ0v) is 13.0. The second-order valence-electron chi connectivity index (χ2n) is 4.75. The minimum Gasteiger partial charge on any atom is -0.472 e. The Kier molecular flexibility index (Phi) is 4.18. The van der Waals surface area contributed by atoms with Crippen LogP contribution in [0.5, 0.6) is 5.88 Å². The van der Waals surface area contributed by atoms with Gasteiger partial charge in [-0.3, -0.25) is 0 Å². The maximum absolute atomic E-state index is 5.88. The van der Waals surface area contributed by atoms with Gasteiger partial charge in [0, 0.05) is 22.6 Å². The highest BCUT2D eigenvalue weighted by atomic mass is 79.9. The quantitative estimate of drug-likeness (QED) is 0.778. The number of benzene rings is 2. The van der Waals surface area contributed by atoms with Crippen LogP contribution in [0.3, 0.4) is 0 Å². The molecule has 0 aliphatic rings. The molecule has 2 aromatic carbocycles. The molecule has 0 bridgehead atoms. The lowest BCUT2D eigenvalue weighted by atomic mass is 10.1. The van der Waals surface area contributed by atoms with Gasteiger partial charge < -0.3 is 10.5 Å². The van der Waals surface area contributed by atoms with E-state index in [4.69, 9.17) is 10.5 Å². The van der Waals surface area contributed by atoms with Crippen LogP contribution in [0.25, 0.3) is 10.8 Å². The molecular weight excluding hydrogens is 328 g/mol. The molecule has 0 fully saturated rings. The van der Waals surface area contributed by atoms with E-state index in [9.17, 15) is 0 Å². The number of halogens is 1. The molecule has 0 spiro atoms. The normalized spacial score (nSPS) is 10.8. The summed E-state index contributed by atoms with van der Waals surface area (Å²) in [6, 6.07) is 16.1. The van der Waals surface area contributed by atoms with Crippen LogP contribution >= 0.6 is 15.9 Å². The Morgan fingerprint density at radius 1 is 1.00 bits per heavy atom. The molecular formula is C17H15BrN2O. The SMILES string of the molecule is NCc1cnc(OCc2ccc(Br)cc2)c2ccccc12. The Labute approximate surface area is 131 Å². The van der Waals surface area contributed by atoms with Crippen molar-refractivity contribution in [3.05, 3.63) is 70.3 Å². The number of pyridine rings is 1. The van der Waals surface area contributed by atoms with E-state index in [-0.39, 0.29) is 0 Å². The summed E-state index contributed by atoms with van der Waals surface area (Å²) >= 11 is 3.42. The molecule has 0 aliphatic heterocycles. The minimum absolute atomic E-state index is 0.473. The Balaban J connectivity index is 1.89. The van der Waals surface area contributed by atoms with E-state index in [0.717, 1.165) is 26.4 Å². The van der Waals surface area contributed by atoms with Crippen molar-refractivity contribution < 1.29 is 4.74 Å². The van der Waals surface area contributed by atoms with Crippen LogP contribution in [0.4, 0.5) is 0 Å². The maximum Gasteiger partial charge on any atom is 0.221 e. The van der Waals surface area contributed by atoms with E-state index in [1.165, 1.54) is 0 Å². The van der Waals surface area contributed by atoms with Gasteiger partial charge in [0.2, 0.25) is 5.88 Å². The number of hydrogen-bond donors (Lipinski definition) is 1. The van der Waals surface area contributed by atoms with Gasteiger partial charge in [-0.25, -0.2) is 4.98 Å². The molecule has 0 saturated carbocycles.